The standard InChI is InChI=1S/C21H35N5/c1-3-22-21(24-15-20-17(2)9-7-13-23-20)25-18-10-8-14-26(16-18)19-11-5-4-6-12-19/h7,9,13,18-19H,3-6,8,10-12,14-16H2,1-2H3,(H2,22,24,25). The van der Waals surface area contributed by atoms with Gasteiger partial charge in [0.1, 0.15) is 0 Å². The Balaban J connectivity index is 1.58. The van der Waals surface area contributed by atoms with Crippen LogP contribution in [-0.2, 0) is 6.54 Å². The van der Waals surface area contributed by atoms with Gasteiger partial charge < -0.3 is 10.6 Å². The van der Waals surface area contributed by atoms with E-state index in [2.05, 4.69) is 40.4 Å². The van der Waals surface area contributed by atoms with Gasteiger partial charge in [0.2, 0.25) is 0 Å². The van der Waals surface area contributed by atoms with Crippen LogP contribution in [0.2, 0.25) is 0 Å². The molecule has 1 atom stereocenters. The van der Waals surface area contributed by atoms with E-state index in [-0.39, 0.29) is 0 Å². The molecule has 1 aliphatic heterocycles. The zero-order chi connectivity index (χ0) is 18.2. The van der Waals surface area contributed by atoms with E-state index in [1.54, 1.807) is 0 Å². The van der Waals surface area contributed by atoms with Gasteiger partial charge in [-0.05, 0) is 57.7 Å². The number of hydrogen-bond donors (Lipinski definition) is 2. The molecule has 1 aliphatic carbocycles. The average Bonchev–Trinajstić information content (AvgIpc) is 2.68. The lowest BCUT2D eigenvalue weighted by molar-refractivity contribution is 0.115. The Morgan fingerprint density at radius 3 is 2.85 bits per heavy atom. The number of rotatable bonds is 5. The number of aryl methyl sites for hydroxylation is 1. The van der Waals surface area contributed by atoms with E-state index in [1.807, 2.05) is 12.3 Å². The summed E-state index contributed by atoms with van der Waals surface area (Å²) in [6.07, 6.45) is 11.4. The molecule has 1 aromatic rings. The first kappa shape index (κ1) is 19.2. The number of pyridine rings is 1. The van der Waals surface area contributed by atoms with Crippen LogP contribution in [0, 0.1) is 6.92 Å². The number of piperidine rings is 1. The van der Waals surface area contributed by atoms with Crippen LogP contribution >= 0.6 is 0 Å². The summed E-state index contributed by atoms with van der Waals surface area (Å²) in [4.78, 5) is 12.0. The van der Waals surface area contributed by atoms with Crippen LogP contribution in [0.4, 0.5) is 0 Å². The van der Waals surface area contributed by atoms with Crippen LogP contribution in [-0.4, -0.2) is 47.6 Å². The van der Waals surface area contributed by atoms with Gasteiger partial charge in [0.15, 0.2) is 5.96 Å². The Morgan fingerprint density at radius 1 is 1.23 bits per heavy atom. The van der Waals surface area contributed by atoms with Gasteiger partial charge in [-0.15, -0.1) is 0 Å². The van der Waals surface area contributed by atoms with Crippen molar-refractivity contribution in [3.05, 3.63) is 29.6 Å². The molecule has 0 radical (unpaired) electrons. The van der Waals surface area contributed by atoms with E-state index in [1.165, 1.54) is 57.1 Å². The Kier molecular flexibility index (Phi) is 7.30. The summed E-state index contributed by atoms with van der Waals surface area (Å²) in [6.45, 7) is 8.15. The number of aromatic nitrogens is 1. The van der Waals surface area contributed by atoms with Gasteiger partial charge in [0, 0.05) is 31.4 Å². The maximum Gasteiger partial charge on any atom is 0.191 e. The minimum absolute atomic E-state index is 0.494. The van der Waals surface area contributed by atoms with Gasteiger partial charge >= 0.3 is 0 Å². The van der Waals surface area contributed by atoms with Gasteiger partial charge in [-0.1, -0.05) is 25.3 Å². The van der Waals surface area contributed by atoms with E-state index in [0.717, 1.165) is 30.8 Å². The molecule has 2 fully saturated rings. The molecule has 144 valence electrons. The van der Waals surface area contributed by atoms with E-state index in [9.17, 15) is 0 Å². The molecule has 2 heterocycles. The fourth-order valence-corrected chi connectivity index (χ4v) is 4.25. The quantitative estimate of drug-likeness (QED) is 0.627. The maximum absolute atomic E-state index is 4.79. The summed E-state index contributed by atoms with van der Waals surface area (Å²) in [5.74, 6) is 0.924. The molecule has 5 heteroatoms. The molecule has 1 saturated heterocycles. The normalized spacial score (nSPS) is 23.0. The molecule has 2 aliphatic rings. The van der Waals surface area contributed by atoms with Gasteiger partial charge in [0.25, 0.3) is 0 Å². The predicted molar refractivity (Wildman–Crippen MR) is 108 cm³/mol. The van der Waals surface area contributed by atoms with Crippen LogP contribution in [0.5, 0.6) is 0 Å². The molecule has 0 bridgehead atoms. The number of hydrogen-bond acceptors (Lipinski definition) is 3. The summed E-state index contributed by atoms with van der Waals surface area (Å²) >= 11 is 0. The molecule has 5 nitrogen and oxygen atoms in total. The lowest BCUT2D eigenvalue weighted by atomic mass is 9.92. The first-order chi connectivity index (χ1) is 12.8. The highest BCUT2D eigenvalue weighted by atomic mass is 15.2. The maximum atomic E-state index is 4.79. The number of guanidine groups is 1. The lowest BCUT2D eigenvalue weighted by Gasteiger charge is -2.40. The first-order valence-electron chi connectivity index (χ1n) is 10.5. The van der Waals surface area contributed by atoms with Crippen LogP contribution in [0.3, 0.4) is 0 Å². The van der Waals surface area contributed by atoms with Gasteiger partial charge in [0.05, 0.1) is 12.2 Å². The summed E-state index contributed by atoms with van der Waals surface area (Å²) in [7, 11) is 0. The van der Waals surface area contributed by atoms with Crippen molar-refractivity contribution in [2.24, 2.45) is 4.99 Å². The number of aliphatic imine (C=N–C) groups is 1. The monoisotopic (exact) mass is 357 g/mol. The second kappa shape index (κ2) is 9.91. The van der Waals surface area contributed by atoms with E-state index >= 15 is 0 Å². The highest BCUT2D eigenvalue weighted by Gasteiger charge is 2.27. The topological polar surface area (TPSA) is 52.6 Å². The summed E-state index contributed by atoms with van der Waals surface area (Å²) < 4.78 is 0. The van der Waals surface area contributed by atoms with Crippen molar-refractivity contribution >= 4 is 5.96 Å². The van der Waals surface area contributed by atoms with E-state index in [4.69, 9.17) is 4.99 Å². The molecule has 3 rings (SSSR count). The molecular formula is C21H35N5. The number of nitrogens with zero attached hydrogens (tertiary/aromatic N) is 3. The molecule has 2 N–H and O–H groups in total. The van der Waals surface area contributed by atoms with Crippen LogP contribution in [0.15, 0.2) is 23.3 Å². The summed E-state index contributed by atoms with van der Waals surface area (Å²) in [5, 5.41) is 7.09. The smallest absolute Gasteiger partial charge is 0.191 e. The third-order valence-corrected chi connectivity index (χ3v) is 5.73. The zero-order valence-corrected chi connectivity index (χ0v) is 16.5. The second-order valence-corrected chi connectivity index (χ2v) is 7.73. The molecular weight excluding hydrogens is 322 g/mol. The summed E-state index contributed by atoms with van der Waals surface area (Å²) in [6, 6.07) is 5.38. The lowest BCUT2D eigenvalue weighted by Crippen LogP contribution is -2.53. The van der Waals surface area contributed by atoms with Crippen molar-refractivity contribution in [2.75, 3.05) is 19.6 Å². The SMILES string of the molecule is CCNC(=NCc1ncccc1C)NC1CCCN(C2CCCCC2)C1. The van der Waals surface area contributed by atoms with Crippen LogP contribution < -0.4 is 10.6 Å². The van der Waals surface area contributed by atoms with Crippen molar-refractivity contribution in [1.82, 2.24) is 20.5 Å². The Hall–Kier alpha value is -1.62. The van der Waals surface area contributed by atoms with Crippen molar-refractivity contribution in [3.8, 4) is 0 Å². The van der Waals surface area contributed by atoms with Crippen molar-refractivity contribution < 1.29 is 0 Å². The molecule has 0 amide bonds. The highest BCUT2D eigenvalue weighted by molar-refractivity contribution is 5.80. The number of likely N-dealkylation sites (tertiary alicyclic amines) is 1. The Bertz CT molecular complexity index is 580. The number of nitrogens with one attached hydrogen (secondary N) is 2. The third kappa shape index (κ3) is 5.44. The molecule has 26 heavy (non-hydrogen) atoms. The Morgan fingerprint density at radius 2 is 2.08 bits per heavy atom. The van der Waals surface area contributed by atoms with Crippen molar-refractivity contribution in [1.29, 1.82) is 0 Å². The zero-order valence-electron chi connectivity index (χ0n) is 16.5. The fraction of sp³-hybridized carbons (Fsp3) is 0.714. The van der Waals surface area contributed by atoms with Gasteiger partial charge in [-0.25, -0.2) is 4.99 Å². The average molecular weight is 358 g/mol. The van der Waals surface area contributed by atoms with Crippen molar-refractivity contribution in [3.63, 3.8) is 0 Å². The first-order valence-corrected chi connectivity index (χ1v) is 10.5. The highest BCUT2D eigenvalue weighted by Crippen LogP contribution is 2.25. The minimum atomic E-state index is 0.494. The van der Waals surface area contributed by atoms with Crippen LogP contribution in [0.1, 0.15) is 63.1 Å². The molecule has 1 aromatic heterocycles. The predicted octanol–water partition coefficient (Wildman–Crippen LogP) is 3.24. The minimum Gasteiger partial charge on any atom is -0.357 e. The molecule has 1 saturated carbocycles. The largest absolute Gasteiger partial charge is 0.357 e. The van der Waals surface area contributed by atoms with Crippen LogP contribution in [0.25, 0.3) is 0 Å². The third-order valence-electron chi connectivity index (χ3n) is 5.73. The fourth-order valence-electron chi connectivity index (χ4n) is 4.25. The molecule has 0 aromatic carbocycles. The Labute approximate surface area is 158 Å². The second-order valence-electron chi connectivity index (χ2n) is 7.73. The van der Waals surface area contributed by atoms with E-state index < -0.39 is 0 Å². The van der Waals surface area contributed by atoms with Crippen molar-refractivity contribution in [2.45, 2.75) is 77.4 Å². The van der Waals surface area contributed by atoms with E-state index in [0.29, 0.717) is 12.6 Å². The van der Waals surface area contributed by atoms with Gasteiger partial charge in [-0.2, -0.15) is 0 Å². The van der Waals surface area contributed by atoms with Gasteiger partial charge in [-0.3, -0.25) is 9.88 Å². The molecule has 0 spiro atoms. The molecule has 1 unspecified atom stereocenters. The summed E-state index contributed by atoms with van der Waals surface area (Å²) in [5.41, 5.74) is 2.26.